The molecule has 0 aliphatic carbocycles. The molecule has 0 spiro atoms. The van der Waals surface area contributed by atoms with Crippen molar-refractivity contribution in [1.29, 1.82) is 0 Å². The molecule has 0 aliphatic rings. The van der Waals surface area contributed by atoms with E-state index in [-0.39, 0.29) is 0 Å². The van der Waals surface area contributed by atoms with Gasteiger partial charge in [-0.3, -0.25) is 9.66 Å². The molecule has 6 heteroatoms. The molecule has 0 fully saturated rings. The Kier molecular flexibility index (Phi) is 4.53. The van der Waals surface area contributed by atoms with Crippen LogP contribution in [0.2, 0.25) is 0 Å². The molecule has 0 saturated carbocycles. The van der Waals surface area contributed by atoms with Crippen LogP contribution >= 0.6 is 7.60 Å². The molecule has 1 heterocycles. The molecule has 2 rings (SSSR count). The van der Waals surface area contributed by atoms with E-state index < -0.39 is 7.60 Å². The summed E-state index contributed by atoms with van der Waals surface area (Å²) in [5.74, 6) is 0. The molecule has 2 aromatic rings. The molecular weight excluding hydrogens is 263 g/mol. The number of H-pyrrole nitrogens is 1. The molecule has 0 saturated heterocycles. The molecule has 102 valence electrons. The summed E-state index contributed by atoms with van der Waals surface area (Å²) in [6, 6.07) is 9.57. The normalized spacial score (nSPS) is 11.7. The van der Waals surface area contributed by atoms with E-state index in [0.717, 1.165) is 5.56 Å². The zero-order valence-corrected chi connectivity index (χ0v) is 11.9. The number of benzene rings is 1. The van der Waals surface area contributed by atoms with Crippen LogP contribution in [0.3, 0.4) is 0 Å². The second kappa shape index (κ2) is 6.15. The van der Waals surface area contributed by atoms with Crippen molar-refractivity contribution in [2.45, 2.75) is 13.8 Å². The van der Waals surface area contributed by atoms with Crippen LogP contribution in [0.5, 0.6) is 0 Å². The first-order chi connectivity index (χ1) is 9.21. The number of hydrogen-bond donors (Lipinski definition) is 1. The molecule has 0 bridgehead atoms. The van der Waals surface area contributed by atoms with E-state index >= 15 is 0 Å². The second-order valence-corrected chi connectivity index (χ2v) is 5.82. The Morgan fingerprint density at radius 1 is 1.16 bits per heavy atom. The minimum absolute atomic E-state index is 0.316. The topological polar surface area (TPSA) is 64.2 Å². The maximum atomic E-state index is 12.8. The van der Waals surface area contributed by atoms with Crippen LogP contribution in [0.1, 0.15) is 13.8 Å². The smallest absolute Gasteiger partial charge is 0.305 e. The van der Waals surface area contributed by atoms with Crippen LogP contribution in [-0.4, -0.2) is 23.4 Å². The zero-order chi connectivity index (χ0) is 13.7. The third kappa shape index (κ3) is 2.95. The lowest BCUT2D eigenvalue weighted by Crippen LogP contribution is -2.11. The minimum Gasteiger partial charge on any atom is -0.305 e. The van der Waals surface area contributed by atoms with Crippen molar-refractivity contribution < 1.29 is 13.6 Å². The van der Waals surface area contributed by atoms with Gasteiger partial charge in [-0.25, -0.2) is 0 Å². The number of hydrogen-bond acceptors (Lipinski definition) is 4. The van der Waals surface area contributed by atoms with E-state index in [0.29, 0.717) is 24.2 Å². The summed E-state index contributed by atoms with van der Waals surface area (Å²) in [7, 11) is -3.32. The number of nitrogens with one attached hydrogen (secondary N) is 1. The van der Waals surface area contributed by atoms with Gasteiger partial charge in [0.2, 0.25) is 0 Å². The molecule has 0 amide bonds. The van der Waals surface area contributed by atoms with E-state index in [9.17, 15) is 4.57 Å². The van der Waals surface area contributed by atoms with E-state index in [1.165, 1.54) is 6.20 Å². The Balaban J connectivity index is 2.46. The molecular formula is C13H17N2O3P. The Morgan fingerprint density at radius 3 is 2.37 bits per heavy atom. The van der Waals surface area contributed by atoms with Gasteiger partial charge in [0, 0.05) is 5.56 Å². The van der Waals surface area contributed by atoms with Gasteiger partial charge in [0.15, 0.2) is 0 Å². The maximum absolute atomic E-state index is 12.8. The second-order valence-electron chi connectivity index (χ2n) is 3.83. The van der Waals surface area contributed by atoms with E-state index in [4.69, 9.17) is 9.05 Å². The minimum atomic E-state index is -3.32. The molecule has 0 atom stereocenters. The Morgan fingerprint density at radius 2 is 1.79 bits per heavy atom. The van der Waals surface area contributed by atoms with Gasteiger partial charge < -0.3 is 9.05 Å². The number of nitrogens with zero attached hydrogens (tertiary/aromatic N) is 1. The fraction of sp³-hybridized carbons (Fsp3) is 0.308. The first-order valence-corrected chi connectivity index (χ1v) is 7.74. The van der Waals surface area contributed by atoms with Gasteiger partial charge in [0.25, 0.3) is 0 Å². The highest BCUT2D eigenvalue weighted by Crippen LogP contribution is 2.48. The Bertz CT molecular complexity index is 558. The molecule has 1 aromatic heterocycles. The predicted molar refractivity (Wildman–Crippen MR) is 74.5 cm³/mol. The molecule has 1 N–H and O–H groups in total. The van der Waals surface area contributed by atoms with Crippen molar-refractivity contribution in [3.63, 3.8) is 0 Å². The van der Waals surface area contributed by atoms with Crippen molar-refractivity contribution in [3.8, 4) is 11.3 Å². The SMILES string of the molecule is CCOP(=O)(OCC)c1cn[nH]c1-c1ccccc1. The standard InChI is InChI=1S/C13H17N2O3P/c1-3-17-19(16,18-4-2)12-10-14-15-13(12)11-8-6-5-7-9-11/h5-10H,3-4H2,1-2H3,(H,14,15). The average molecular weight is 280 g/mol. The maximum Gasteiger partial charge on any atom is 0.365 e. The zero-order valence-electron chi connectivity index (χ0n) is 11.0. The van der Waals surface area contributed by atoms with Gasteiger partial charge in [0.05, 0.1) is 25.1 Å². The highest BCUT2D eigenvalue weighted by molar-refractivity contribution is 7.62. The molecule has 0 unspecified atom stereocenters. The lowest BCUT2D eigenvalue weighted by Gasteiger charge is -2.16. The Hall–Kier alpha value is -1.42. The van der Waals surface area contributed by atoms with Crippen LogP contribution < -0.4 is 5.30 Å². The van der Waals surface area contributed by atoms with E-state index in [1.54, 1.807) is 13.8 Å². The third-order valence-electron chi connectivity index (χ3n) is 2.57. The average Bonchev–Trinajstić information content (AvgIpc) is 2.90. The van der Waals surface area contributed by atoms with Crippen molar-refractivity contribution in [2.24, 2.45) is 0 Å². The van der Waals surface area contributed by atoms with Gasteiger partial charge in [0.1, 0.15) is 5.30 Å². The van der Waals surface area contributed by atoms with Gasteiger partial charge in [-0.15, -0.1) is 0 Å². The summed E-state index contributed by atoms with van der Waals surface area (Å²) in [6.45, 7) is 4.20. The van der Waals surface area contributed by atoms with Crippen LogP contribution in [0.15, 0.2) is 36.5 Å². The van der Waals surface area contributed by atoms with Crippen LogP contribution in [0.25, 0.3) is 11.3 Å². The summed E-state index contributed by atoms with van der Waals surface area (Å²) < 4.78 is 23.5. The lowest BCUT2D eigenvalue weighted by molar-refractivity contribution is 0.230. The predicted octanol–water partition coefficient (Wildman–Crippen LogP) is 2.97. The van der Waals surface area contributed by atoms with E-state index in [1.807, 2.05) is 30.3 Å². The van der Waals surface area contributed by atoms with Gasteiger partial charge >= 0.3 is 7.60 Å². The quantitative estimate of drug-likeness (QED) is 0.826. The van der Waals surface area contributed by atoms with Crippen LogP contribution in [0.4, 0.5) is 0 Å². The Labute approximate surface area is 112 Å². The highest BCUT2D eigenvalue weighted by atomic mass is 31.2. The monoisotopic (exact) mass is 280 g/mol. The summed E-state index contributed by atoms with van der Waals surface area (Å²) in [6.07, 6.45) is 1.51. The fourth-order valence-corrected chi connectivity index (χ4v) is 3.51. The summed E-state index contributed by atoms with van der Waals surface area (Å²) in [5, 5.41) is 7.31. The van der Waals surface area contributed by atoms with Gasteiger partial charge in [-0.2, -0.15) is 5.10 Å². The highest BCUT2D eigenvalue weighted by Gasteiger charge is 2.31. The van der Waals surface area contributed by atoms with Crippen molar-refractivity contribution in [1.82, 2.24) is 10.2 Å². The summed E-state index contributed by atoms with van der Waals surface area (Å²) in [5.41, 5.74) is 1.57. The first kappa shape index (κ1) is 14.0. The van der Waals surface area contributed by atoms with Crippen LogP contribution in [-0.2, 0) is 13.6 Å². The molecule has 5 nitrogen and oxygen atoms in total. The summed E-state index contributed by atoms with van der Waals surface area (Å²) >= 11 is 0. The number of aromatic amines is 1. The molecule has 0 radical (unpaired) electrons. The van der Waals surface area contributed by atoms with Crippen molar-refractivity contribution in [2.75, 3.05) is 13.2 Å². The lowest BCUT2D eigenvalue weighted by atomic mass is 10.2. The molecule has 0 aliphatic heterocycles. The summed E-state index contributed by atoms with van der Waals surface area (Å²) in [4.78, 5) is 0. The fourth-order valence-electron chi connectivity index (χ4n) is 1.82. The van der Waals surface area contributed by atoms with Crippen molar-refractivity contribution >= 4 is 12.9 Å². The molecule has 19 heavy (non-hydrogen) atoms. The van der Waals surface area contributed by atoms with E-state index in [2.05, 4.69) is 10.2 Å². The van der Waals surface area contributed by atoms with Crippen LogP contribution in [0, 0.1) is 0 Å². The first-order valence-electron chi connectivity index (χ1n) is 6.19. The van der Waals surface area contributed by atoms with Gasteiger partial charge in [-0.05, 0) is 13.8 Å². The number of rotatable bonds is 6. The number of aromatic nitrogens is 2. The molecule has 1 aromatic carbocycles. The largest absolute Gasteiger partial charge is 0.365 e. The van der Waals surface area contributed by atoms with Crippen molar-refractivity contribution in [3.05, 3.63) is 36.5 Å². The third-order valence-corrected chi connectivity index (χ3v) is 4.70. The van der Waals surface area contributed by atoms with Gasteiger partial charge in [-0.1, -0.05) is 30.3 Å².